The van der Waals surface area contributed by atoms with Gasteiger partial charge in [-0.15, -0.1) is 0 Å². The Morgan fingerprint density at radius 3 is 0.719 bits per heavy atom. The van der Waals surface area contributed by atoms with E-state index in [1.807, 2.05) is 129 Å². The molecule has 336 valence electrons. The Labute approximate surface area is 384 Å². The zero-order chi connectivity index (χ0) is 47.9. The van der Waals surface area contributed by atoms with Gasteiger partial charge >= 0.3 is 0 Å². The molecule has 0 radical (unpaired) electrons. The van der Waals surface area contributed by atoms with Crippen LogP contribution in [0.2, 0.25) is 0 Å². The Hall–Kier alpha value is -6.94. The van der Waals surface area contributed by atoms with Crippen LogP contribution in [0.15, 0.2) is 135 Å². The summed E-state index contributed by atoms with van der Waals surface area (Å²) in [5.74, 6) is 0. The quantitative estimate of drug-likeness (QED) is 0.145. The summed E-state index contributed by atoms with van der Waals surface area (Å²) in [4.78, 5) is 39.7. The Morgan fingerprint density at radius 2 is 0.516 bits per heavy atom. The molecule has 0 fully saturated rings. The van der Waals surface area contributed by atoms with Gasteiger partial charge in [-0.3, -0.25) is 29.9 Å². The van der Waals surface area contributed by atoms with Crippen LogP contribution in [0.5, 0.6) is 0 Å². The first-order valence-corrected chi connectivity index (χ1v) is 21.2. The standard InChI is InChI=1S/C8H10.4C7H9N.3C6H8N2/c1-7-5-3-4-6-8(7)2;2*1-6-3-4-8-5-7(6)2;2*1-6-4-3-5-8-7(6)2;2*1-5-3-7-4-8-6(5)2;1-5-6(2)8-4-3-7-5/h3-6H,1-2H3;4*3-5H,1-2H3;3*3-4H,1-2H3. The number of rotatable bonds is 0. The zero-order valence-corrected chi connectivity index (χ0v) is 41.2. The molecule has 7 heterocycles. The maximum Gasteiger partial charge on any atom is 0.115 e. The third kappa shape index (κ3) is 24.5. The second-order valence-electron chi connectivity index (χ2n) is 15.1. The summed E-state index contributed by atoms with van der Waals surface area (Å²) < 4.78 is 0. The van der Waals surface area contributed by atoms with Crippen molar-refractivity contribution in [3.63, 3.8) is 0 Å². The Bertz CT molecular complexity index is 1810. The first-order valence-electron chi connectivity index (χ1n) is 21.2. The first kappa shape index (κ1) is 55.1. The van der Waals surface area contributed by atoms with Crippen molar-refractivity contribution in [1.82, 2.24) is 49.8 Å². The van der Waals surface area contributed by atoms with Crippen molar-refractivity contribution in [3.8, 4) is 0 Å². The molecule has 0 saturated heterocycles. The number of aryl methyl sites for hydroxylation is 16. The molecule has 0 spiro atoms. The van der Waals surface area contributed by atoms with Crippen LogP contribution in [0.25, 0.3) is 0 Å². The molecule has 0 amide bonds. The van der Waals surface area contributed by atoms with Crippen molar-refractivity contribution in [3.05, 3.63) is 225 Å². The van der Waals surface area contributed by atoms with Gasteiger partial charge in [-0.2, -0.15) is 0 Å². The van der Waals surface area contributed by atoms with Gasteiger partial charge in [0.2, 0.25) is 0 Å². The molecular formula is C54H70N10. The monoisotopic (exact) mass is 859 g/mol. The Kier molecular flexibility index (Phi) is 27.4. The molecular weight excluding hydrogens is 789 g/mol. The van der Waals surface area contributed by atoms with E-state index in [0.717, 1.165) is 45.3 Å². The third-order valence-electron chi connectivity index (χ3n) is 10.0. The van der Waals surface area contributed by atoms with E-state index >= 15 is 0 Å². The number of benzene rings is 1. The molecule has 10 nitrogen and oxygen atoms in total. The van der Waals surface area contributed by atoms with E-state index in [4.69, 9.17) is 0 Å². The fraction of sp³-hybridized carbons (Fsp3) is 0.296. The molecule has 0 aliphatic rings. The second kappa shape index (κ2) is 31.8. The van der Waals surface area contributed by atoms with Gasteiger partial charge < -0.3 is 0 Å². The highest BCUT2D eigenvalue weighted by Gasteiger charge is 1.90. The van der Waals surface area contributed by atoms with Crippen LogP contribution >= 0.6 is 0 Å². The van der Waals surface area contributed by atoms with E-state index in [1.165, 1.54) is 44.5 Å². The smallest absolute Gasteiger partial charge is 0.115 e. The number of nitrogens with zero attached hydrogens (tertiary/aromatic N) is 10. The van der Waals surface area contributed by atoms with E-state index in [1.54, 1.807) is 25.0 Å². The average Bonchev–Trinajstić information content (AvgIpc) is 3.28. The van der Waals surface area contributed by atoms with Crippen LogP contribution in [0.4, 0.5) is 0 Å². The molecule has 0 bridgehead atoms. The van der Waals surface area contributed by atoms with Crippen LogP contribution < -0.4 is 0 Å². The predicted octanol–water partition coefficient (Wildman–Crippen LogP) is 12.4. The molecule has 10 heteroatoms. The maximum atomic E-state index is 4.08. The molecule has 8 aromatic rings. The van der Waals surface area contributed by atoms with Crippen LogP contribution in [-0.4, -0.2) is 49.8 Å². The molecule has 64 heavy (non-hydrogen) atoms. The van der Waals surface area contributed by atoms with E-state index in [9.17, 15) is 0 Å². The van der Waals surface area contributed by atoms with Gasteiger partial charge in [0, 0.05) is 84.7 Å². The second-order valence-corrected chi connectivity index (χ2v) is 15.1. The van der Waals surface area contributed by atoms with Crippen LogP contribution in [-0.2, 0) is 0 Å². The highest BCUT2D eigenvalue weighted by Crippen LogP contribution is 2.04. The zero-order valence-electron chi connectivity index (χ0n) is 41.2. The number of hydrogen-bond donors (Lipinski definition) is 0. The van der Waals surface area contributed by atoms with Gasteiger partial charge in [0.15, 0.2) is 0 Å². The molecule has 0 aliphatic heterocycles. The molecule has 7 aromatic heterocycles. The predicted molar refractivity (Wildman–Crippen MR) is 265 cm³/mol. The fourth-order valence-corrected chi connectivity index (χ4v) is 4.28. The molecule has 0 saturated carbocycles. The molecule has 0 unspecified atom stereocenters. The fourth-order valence-electron chi connectivity index (χ4n) is 4.28. The number of pyridine rings is 4. The molecule has 0 atom stereocenters. The maximum absolute atomic E-state index is 4.08. The van der Waals surface area contributed by atoms with E-state index in [-0.39, 0.29) is 0 Å². The SMILES string of the molecule is Cc1ccccc1C.Cc1cccnc1C.Cc1cccnc1C.Cc1ccncc1C.Cc1ccncc1C.Cc1cncnc1C.Cc1cncnc1C.Cc1nccnc1C. The topological polar surface area (TPSA) is 129 Å². The van der Waals surface area contributed by atoms with E-state index in [0.29, 0.717) is 0 Å². The molecule has 8 rings (SSSR count). The summed E-state index contributed by atoms with van der Waals surface area (Å²) in [5.41, 5.74) is 19.0. The van der Waals surface area contributed by atoms with Crippen molar-refractivity contribution >= 4 is 0 Å². The van der Waals surface area contributed by atoms with Crippen LogP contribution in [0.1, 0.15) is 89.8 Å². The first-order chi connectivity index (χ1) is 30.4. The van der Waals surface area contributed by atoms with E-state index in [2.05, 4.69) is 142 Å². The van der Waals surface area contributed by atoms with Crippen molar-refractivity contribution in [2.24, 2.45) is 0 Å². The van der Waals surface area contributed by atoms with Crippen molar-refractivity contribution in [2.75, 3.05) is 0 Å². The summed E-state index contributed by atoms with van der Waals surface area (Å²) in [5, 5.41) is 0. The summed E-state index contributed by atoms with van der Waals surface area (Å²) in [6.45, 7) is 32.5. The third-order valence-corrected chi connectivity index (χ3v) is 10.0. The van der Waals surface area contributed by atoms with Gasteiger partial charge in [0.25, 0.3) is 0 Å². The van der Waals surface area contributed by atoms with Crippen LogP contribution in [0, 0.1) is 111 Å². The lowest BCUT2D eigenvalue weighted by Crippen LogP contribution is -1.87. The minimum Gasteiger partial charge on any atom is -0.264 e. The Morgan fingerprint density at radius 1 is 0.219 bits per heavy atom. The van der Waals surface area contributed by atoms with Gasteiger partial charge in [-0.1, -0.05) is 36.4 Å². The molecule has 0 N–H and O–H groups in total. The average molecular weight is 859 g/mol. The minimum atomic E-state index is 1.01. The summed E-state index contributed by atoms with van der Waals surface area (Å²) in [6, 6.07) is 20.4. The Balaban J connectivity index is 0.000000366. The van der Waals surface area contributed by atoms with Crippen molar-refractivity contribution in [1.29, 1.82) is 0 Å². The summed E-state index contributed by atoms with van der Waals surface area (Å²) in [7, 11) is 0. The van der Waals surface area contributed by atoms with Gasteiger partial charge in [-0.25, -0.2) is 19.9 Å². The largest absolute Gasteiger partial charge is 0.264 e. The lowest BCUT2D eigenvalue weighted by atomic mass is 10.1. The van der Waals surface area contributed by atoms with Crippen molar-refractivity contribution in [2.45, 2.75) is 111 Å². The summed E-state index contributed by atoms with van der Waals surface area (Å²) in [6.07, 6.45) is 21.1. The molecule has 1 aromatic carbocycles. The lowest BCUT2D eigenvalue weighted by Gasteiger charge is -1.93. The van der Waals surface area contributed by atoms with Gasteiger partial charge in [0.05, 0.1) is 11.4 Å². The van der Waals surface area contributed by atoms with Crippen molar-refractivity contribution < 1.29 is 0 Å². The highest BCUT2D eigenvalue weighted by atomic mass is 14.8. The lowest BCUT2D eigenvalue weighted by molar-refractivity contribution is 1.05. The number of aromatic nitrogens is 10. The molecule has 0 aliphatic carbocycles. The van der Waals surface area contributed by atoms with Gasteiger partial charge in [-0.05, 0) is 191 Å². The minimum absolute atomic E-state index is 1.01. The van der Waals surface area contributed by atoms with Crippen LogP contribution in [0.3, 0.4) is 0 Å². The normalized spacial score (nSPS) is 9.25. The van der Waals surface area contributed by atoms with E-state index < -0.39 is 0 Å². The summed E-state index contributed by atoms with van der Waals surface area (Å²) >= 11 is 0. The number of hydrogen-bond acceptors (Lipinski definition) is 10. The highest BCUT2D eigenvalue weighted by molar-refractivity contribution is 5.23. The van der Waals surface area contributed by atoms with Gasteiger partial charge in [0.1, 0.15) is 12.7 Å².